The van der Waals surface area contributed by atoms with Crippen LogP contribution < -0.4 is 10.2 Å². The summed E-state index contributed by atoms with van der Waals surface area (Å²) < 4.78 is 5.20. The maximum Gasteiger partial charge on any atom is 0.137 e. The second-order valence-corrected chi connectivity index (χ2v) is 6.73. The van der Waals surface area contributed by atoms with E-state index in [1.165, 1.54) is 5.56 Å². The first kappa shape index (κ1) is 17.7. The van der Waals surface area contributed by atoms with Gasteiger partial charge in [-0.1, -0.05) is 5.16 Å². The van der Waals surface area contributed by atoms with Crippen molar-refractivity contribution >= 4 is 11.6 Å². The van der Waals surface area contributed by atoms with Crippen LogP contribution in [0.1, 0.15) is 36.3 Å². The first-order valence-corrected chi connectivity index (χ1v) is 9.01. The van der Waals surface area contributed by atoms with E-state index in [-0.39, 0.29) is 6.61 Å². The van der Waals surface area contributed by atoms with Crippen LogP contribution in [0.5, 0.6) is 0 Å². The predicted octanol–water partition coefficient (Wildman–Crippen LogP) is 2.33. The molecule has 1 aliphatic heterocycles. The van der Waals surface area contributed by atoms with Crippen molar-refractivity contribution in [2.75, 3.05) is 36.5 Å². The van der Waals surface area contributed by atoms with Gasteiger partial charge in [0.2, 0.25) is 0 Å². The summed E-state index contributed by atoms with van der Waals surface area (Å²) in [5, 5.41) is 16.8. The molecule has 1 aliphatic rings. The number of nitrogens with one attached hydrogen (secondary N) is 1. The molecule has 0 aliphatic carbocycles. The maximum absolute atomic E-state index is 9.39. The number of anilines is 2. The Kier molecular flexibility index (Phi) is 5.86. The third kappa shape index (κ3) is 4.48. The SMILES string of the molecule is Cc1noc(C)c1CCCNc1cc(N2CCCC(CO)C2)ncn1. The van der Waals surface area contributed by atoms with Crippen molar-refractivity contribution in [1.82, 2.24) is 15.1 Å². The van der Waals surface area contributed by atoms with Gasteiger partial charge in [0.15, 0.2) is 0 Å². The molecule has 0 bridgehead atoms. The molecule has 2 aromatic heterocycles. The minimum Gasteiger partial charge on any atom is -0.396 e. The number of piperidine rings is 1. The normalized spacial score (nSPS) is 17.7. The van der Waals surface area contributed by atoms with Gasteiger partial charge in [-0.2, -0.15) is 0 Å². The number of aliphatic hydroxyl groups excluding tert-OH is 1. The van der Waals surface area contributed by atoms with Crippen molar-refractivity contribution in [3.8, 4) is 0 Å². The van der Waals surface area contributed by atoms with E-state index in [1.807, 2.05) is 19.9 Å². The quantitative estimate of drug-likeness (QED) is 0.745. The van der Waals surface area contributed by atoms with Crippen LogP contribution in [0.2, 0.25) is 0 Å². The second kappa shape index (κ2) is 8.29. The largest absolute Gasteiger partial charge is 0.396 e. The molecule has 0 saturated carbocycles. The van der Waals surface area contributed by atoms with E-state index < -0.39 is 0 Å². The van der Waals surface area contributed by atoms with Crippen molar-refractivity contribution in [2.45, 2.75) is 39.5 Å². The molecule has 7 heteroatoms. The molecule has 1 fully saturated rings. The molecule has 0 radical (unpaired) electrons. The second-order valence-electron chi connectivity index (χ2n) is 6.73. The Morgan fingerprint density at radius 3 is 3.00 bits per heavy atom. The topological polar surface area (TPSA) is 87.3 Å². The number of rotatable bonds is 7. The number of aryl methyl sites for hydroxylation is 2. The van der Waals surface area contributed by atoms with Crippen LogP contribution in [0.4, 0.5) is 11.6 Å². The average molecular weight is 345 g/mol. The van der Waals surface area contributed by atoms with E-state index in [0.29, 0.717) is 5.92 Å². The van der Waals surface area contributed by atoms with Gasteiger partial charge in [-0.05, 0) is 45.4 Å². The molecule has 0 aromatic carbocycles. The van der Waals surface area contributed by atoms with Crippen LogP contribution in [-0.4, -0.2) is 46.5 Å². The minimum atomic E-state index is 0.244. The number of hydrogen-bond donors (Lipinski definition) is 2. The molecule has 2 aromatic rings. The Bertz CT molecular complexity index is 668. The van der Waals surface area contributed by atoms with Gasteiger partial charge in [0.05, 0.1) is 5.69 Å². The zero-order valence-corrected chi connectivity index (χ0v) is 15.0. The molecule has 0 amide bonds. The fourth-order valence-corrected chi connectivity index (χ4v) is 3.38. The van der Waals surface area contributed by atoms with Crippen LogP contribution >= 0.6 is 0 Å². The standard InChI is InChI=1S/C18H27N5O2/c1-13-16(14(2)25-22-13)6-3-7-19-17-9-18(21-12-20-17)23-8-4-5-15(10-23)11-24/h9,12,15,24H,3-8,10-11H2,1-2H3,(H,19,20,21). The highest BCUT2D eigenvalue weighted by Crippen LogP contribution is 2.22. The molecular formula is C18H27N5O2. The lowest BCUT2D eigenvalue weighted by atomic mass is 9.99. The molecule has 3 heterocycles. The van der Waals surface area contributed by atoms with Gasteiger partial charge in [-0.25, -0.2) is 9.97 Å². The smallest absolute Gasteiger partial charge is 0.137 e. The predicted molar refractivity (Wildman–Crippen MR) is 96.8 cm³/mol. The Hall–Kier alpha value is -2.15. The van der Waals surface area contributed by atoms with Crippen molar-refractivity contribution in [3.63, 3.8) is 0 Å². The lowest BCUT2D eigenvalue weighted by Gasteiger charge is -2.32. The van der Waals surface area contributed by atoms with E-state index in [4.69, 9.17) is 4.52 Å². The fourth-order valence-electron chi connectivity index (χ4n) is 3.38. The monoisotopic (exact) mass is 345 g/mol. The van der Waals surface area contributed by atoms with Gasteiger partial charge in [0.25, 0.3) is 0 Å². The van der Waals surface area contributed by atoms with Crippen molar-refractivity contribution in [3.05, 3.63) is 29.4 Å². The lowest BCUT2D eigenvalue weighted by Crippen LogP contribution is -2.37. The Morgan fingerprint density at radius 2 is 2.24 bits per heavy atom. The first-order chi connectivity index (χ1) is 12.2. The lowest BCUT2D eigenvalue weighted by molar-refractivity contribution is 0.208. The van der Waals surface area contributed by atoms with Crippen LogP contribution in [0, 0.1) is 19.8 Å². The van der Waals surface area contributed by atoms with E-state index in [2.05, 4.69) is 25.3 Å². The molecule has 7 nitrogen and oxygen atoms in total. The van der Waals surface area contributed by atoms with Crippen LogP contribution in [0.25, 0.3) is 0 Å². The van der Waals surface area contributed by atoms with Crippen molar-refractivity contribution < 1.29 is 9.63 Å². The zero-order valence-electron chi connectivity index (χ0n) is 15.0. The van der Waals surface area contributed by atoms with Crippen LogP contribution in [0.15, 0.2) is 16.9 Å². The van der Waals surface area contributed by atoms with Crippen LogP contribution in [0.3, 0.4) is 0 Å². The van der Waals surface area contributed by atoms with E-state index in [1.54, 1.807) is 6.33 Å². The molecule has 1 atom stereocenters. The highest BCUT2D eigenvalue weighted by atomic mass is 16.5. The van der Waals surface area contributed by atoms with E-state index >= 15 is 0 Å². The number of aromatic nitrogens is 3. The Balaban J connectivity index is 1.51. The summed E-state index contributed by atoms with van der Waals surface area (Å²) in [5.74, 6) is 3.02. The fraction of sp³-hybridized carbons (Fsp3) is 0.611. The van der Waals surface area contributed by atoms with Crippen molar-refractivity contribution in [2.24, 2.45) is 5.92 Å². The average Bonchev–Trinajstić information content (AvgIpc) is 2.97. The molecule has 0 spiro atoms. The van der Waals surface area contributed by atoms with Crippen LogP contribution in [-0.2, 0) is 6.42 Å². The van der Waals surface area contributed by atoms with Gasteiger partial charge < -0.3 is 19.8 Å². The summed E-state index contributed by atoms with van der Waals surface area (Å²) in [6.07, 6.45) is 5.71. The number of nitrogens with zero attached hydrogens (tertiary/aromatic N) is 4. The molecule has 136 valence electrons. The van der Waals surface area contributed by atoms with Gasteiger partial charge >= 0.3 is 0 Å². The molecule has 25 heavy (non-hydrogen) atoms. The van der Waals surface area contributed by atoms with Gasteiger partial charge in [0, 0.05) is 37.9 Å². The Morgan fingerprint density at radius 1 is 1.36 bits per heavy atom. The third-order valence-corrected chi connectivity index (χ3v) is 4.84. The summed E-state index contributed by atoms with van der Waals surface area (Å²) in [5.41, 5.74) is 2.18. The molecule has 1 saturated heterocycles. The maximum atomic E-state index is 9.39. The van der Waals surface area contributed by atoms with E-state index in [0.717, 1.165) is 68.4 Å². The molecule has 2 N–H and O–H groups in total. The van der Waals surface area contributed by atoms with Gasteiger partial charge in [0.1, 0.15) is 23.7 Å². The highest BCUT2D eigenvalue weighted by molar-refractivity contribution is 5.48. The third-order valence-electron chi connectivity index (χ3n) is 4.84. The number of aliphatic hydroxyl groups is 1. The van der Waals surface area contributed by atoms with Gasteiger partial charge in [-0.15, -0.1) is 0 Å². The Labute approximate surface area is 148 Å². The molecule has 3 rings (SSSR count). The van der Waals surface area contributed by atoms with Crippen molar-refractivity contribution in [1.29, 1.82) is 0 Å². The zero-order chi connectivity index (χ0) is 17.6. The molecular weight excluding hydrogens is 318 g/mol. The summed E-state index contributed by atoms with van der Waals surface area (Å²) >= 11 is 0. The summed E-state index contributed by atoms with van der Waals surface area (Å²) in [6, 6.07) is 2.00. The molecule has 1 unspecified atom stereocenters. The summed E-state index contributed by atoms with van der Waals surface area (Å²) in [4.78, 5) is 10.9. The summed E-state index contributed by atoms with van der Waals surface area (Å²) in [7, 11) is 0. The summed E-state index contributed by atoms with van der Waals surface area (Å²) in [6.45, 7) is 6.86. The number of hydrogen-bond acceptors (Lipinski definition) is 7. The van der Waals surface area contributed by atoms with E-state index in [9.17, 15) is 5.11 Å². The van der Waals surface area contributed by atoms with Gasteiger partial charge in [-0.3, -0.25) is 0 Å². The first-order valence-electron chi connectivity index (χ1n) is 9.01. The minimum absolute atomic E-state index is 0.244. The highest BCUT2D eigenvalue weighted by Gasteiger charge is 2.20.